The Morgan fingerprint density at radius 2 is 1.83 bits per heavy atom. The fraction of sp³-hybridized carbons (Fsp3) is 0.391. The number of methoxy groups -OCH3 is 1. The smallest absolute Gasteiger partial charge is 0.225 e. The molecule has 154 valence electrons. The van der Waals surface area contributed by atoms with Gasteiger partial charge in [-0.05, 0) is 42.7 Å². The summed E-state index contributed by atoms with van der Waals surface area (Å²) in [6.07, 6.45) is 2.09. The molecule has 1 aliphatic heterocycles. The minimum atomic E-state index is -0.278. The molecule has 0 aromatic heterocycles. The fourth-order valence-electron chi connectivity index (χ4n) is 3.40. The third-order valence-corrected chi connectivity index (χ3v) is 5.06. The van der Waals surface area contributed by atoms with E-state index in [2.05, 4.69) is 17.4 Å². The normalized spacial score (nSPS) is 16.0. The van der Waals surface area contributed by atoms with Crippen molar-refractivity contribution in [1.29, 1.82) is 0 Å². The highest BCUT2D eigenvalue weighted by Gasteiger charge is 2.33. The zero-order valence-corrected chi connectivity index (χ0v) is 16.8. The lowest BCUT2D eigenvalue weighted by Crippen LogP contribution is -2.34. The van der Waals surface area contributed by atoms with Crippen LogP contribution in [0.2, 0.25) is 0 Å². The molecular weight excluding hydrogens is 368 g/mol. The average molecular weight is 396 g/mol. The molecule has 6 nitrogen and oxygen atoms in total. The maximum Gasteiger partial charge on any atom is 0.225 e. The van der Waals surface area contributed by atoms with Crippen LogP contribution >= 0.6 is 0 Å². The first-order chi connectivity index (χ1) is 14.2. The van der Waals surface area contributed by atoms with Gasteiger partial charge in [0.2, 0.25) is 11.8 Å². The van der Waals surface area contributed by atoms with Gasteiger partial charge in [-0.15, -0.1) is 0 Å². The molecule has 0 bridgehead atoms. The summed E-state index contributed by atoms with van der Waals surface area (Å²) in [6.45, 7) is 1.94. The van der Waals surface area contributed by atoms with E-state index in [1.54, 1.807) is 12.0 Å². The first-order valence-electron chi connectivity index (χ1n) is 10.0. The Labute approximate surface area is 171 Å². The van der Waals surface area contributed by atoms with Gasteiger partial charge >= 0.3 is 0 Å². The summed E-state index contributed by atoms with van der Waals surface area (Å²) in [4.78, 5) is 26.3. The van der Waals surface area contributed by atoms with Gasteiger partial charge in [-0.3, -0.25) is 9.59 Å². The molecule has 6 heteroatoms. The average Bonchev–Trinajstić information content (AvgIpc) is 3.13. The number of rotatable bonds is 10. The van der Waals surface area contributed by atoms with E-state index in [1.165, 1.54) is 5.56 Å². The summed E-state index contributed by atoms with van der Waals surface area (Å²) in [5.41, 5.74) is 1.26. The summed E-state index contributed by atoms with van der Waals surface area (Å²) in [6, 6.07) is 17.5. The Morgan fingerprint density at radius 3 is 2.55 bits per heavy atom. The molecule has 2 aromatic carbocycles. The van der Waals surface area contributed by atoms with Gasteiger partial charge in [-0.2, -0.15) is 0 Å². The van der Waals surface area contributed by atoms with Gasteiger partial charge in [-0.25, -0.2) is 0 Å². The standard InChI is InChI=1S/C23H28N2O4/c1-28-20-9-11-21(12-10-20)29-15-14-25-17-19(16-22(25)26)23(27)24-13-5-8-18-6-3-2-4-7-18/h2-4,6-7,9-12,19H,5,8,13-17H2,1H3,(H,24,27). The molecule has 1 fully saturated rings. The highest BCUT2D eigenvalue weighted by molar-refractivity contribution is 5.89. The summed E-state index contributed by atoms with van der Waals surface area (Å²) in [5, 5.41) is 2.97. The summed E-state index contributed by atoms with van der Waals surface area (Å²) < 4.78 is 10.8. The monoisotopic (exact) mass is 396 g/mol. The van der Waals surface area contributed by atoms with E-state index in [0.717, 1.165) is 24.3 Å². The van der Waals surface area contributed by atoms with Crippen LogP contribution in [0.1, 0.15) is 18.4 Å². The maximum absolute atomic E-state index is 12.4. The SMILES string of the molecule is COc1ccc(OCCN2CC(C(=O)NCCCc3ccccc3)CC2=O)cc1. The van der Waals surface area contributed by atoms with Crippen LogP contribution in [0.15, 0.2) is 54.6 Å². The van der Waals surface area contributed by atoms with Crippen LogP contribution in [-0.4, -0.2) is 50.1 Å². The van der Waals surface area contributed by atoms with Crippen LogP contribution < -0.4 is 14.8 Å². The van der Waals surface area contributed by atoms with Crippen molar-refractivity contribution in [2.75, 3.05) is 33.4 Å². The predicted octanol–water partition coefficient (Wildman–Crippen LogP) is 2.67. The lowest BCUT2D eigenvalue weighted by molar-refractivity contribution is -0.129. The molecule has 1 saturated heterocycles. The Bertz CT molecular complexity index is 792. The number of aryl methyl sites for hydroxylation is 1. The highest BCUT2D eigenvalue weighted by Crippen LogP contribution is 2.19. The number of hydrogen-bond donors (Lipinski definition) is 1. The second-order valence-electron chi connectivity index (χ2n) is 7.14. The maximum atomic E-state index is 12.4. The van der Waals surface area contributed by atoms with Crippen LogP contribution in [-0.2, 0) is 16.0 Å². The molecule has 1 heterocycles. The lowest BCUT2D eigenvalue weighted by Gasteiger charge is -2.17. The zero-order valence-electron chi connectivity index (χ0n) is 16.8. The molecular formula is C23H28N2O4. The van der Waals surface area contributed by atoms with E-state index < -0.39 is 0 Å². The molecule has 0 spiro atoms. The molecule has 1 atom stereocenters. The molecule has 0 saturated carbocycles. The van der Waals surface area contributed by atoms with Crippen molar-refractivity contribution in [2.45, 2.75) is 19.3 Å². The van der Waals surface area contributed by atoms with Crippen molar-refractivity contribution in [3.8, 4) is 11.5 Å². The number of ether oxygens (including phenoxy) is 2. The van der Waals surface area contributed by atoms with Crippen molar-refractivity contribution in [1.82, 2.24) is 10.2 Å². The first kappa shape index (κ1) is 20.7. The quantitative estimate of drug-likeness (QED) is 0.627. The Morgan fingerprint density at radius 1 is 1.10 bits per heavy atom. The van der Waals surface area contributed by atoms with Gasteiger partial charge in [-0.1, -0.05) is 30.3 Å². The van der Waals surface area contributed by atoms with Crippen LogP contribution in [0, 0.1) is 5.92 Å². The minimum Gasteiger partial charge on any atom is -0.497 e. The van der Waals surface area contributed by atoms with E-state index >= 15 is 0 Å². The molecule has 0 aliphatic carbocycles. The molecule has 2 amide bonds. The number of carbonyl (C=O) groups excluding carboxylic acids is 2. The number of hydrogen-bond acceptors (Lipinski definition) is 4. The second kappa shape index (κ2) is 10.5. The molecule has 29 heavy (non-hydrogen) atoms. The fourth-order valence-corrected chi connectivity index (χ4v) is 3.40. The number of nitrogens with zero attached hydrogens (tertiary/aromatic N) is 1. The Balaban J connectivity index is 1.34. The number of benzene rings is 2. The molecule has 1 unspecified atom stereocenters. The third kappa shape index (κ3) is 6.24. The molecule has 0 radical (unpaired) electrons. The largest absolute Gasteiger partial charge is 0.497 e. The number of amides is 2. The highest BCUT2D eigenvalue weighted by atomic mass is 16.5. The van der Waals surface area contributed by atoms with E-state index in [0.29, 0.717) is 26.2 Å². The Hall–Kier alpha value is -3.02. The summed E-state index contributed by atoms with van der Waals surface area (Å²) >= 11 is 0. The lowest BCUT2D eigenvalue weighted by atomic mass is 10.1. The molecule has 2 aromatic rings. The van der Waals surface area contributed by atoms with E-state index in [-0.39, 0.29) is 24.2 Å². The molecule has 1 aliphatic rings. The van der Waals surface area contributed by atoms with Crippen molar-refractivity contribution < 1.29 is 19.1 Å². The Kier molecular flexibility index (Phi) is 7.50. The van der Waals surface area contributed by atoms with Gasteiger partial charge in [0.05, 0.1) is 19.6 Å². The van der Waals surface area contributed by atoms with Crippen LogP contribution in [0.25, 0.3) is 0 Å². The molecule has 1 N–H and O–H groups in total. The van der Waals surface area contributed by atoms with Crippen molar-refractivity contribution in [3.05, 3.63) is 60.2 Å². The van der Waals surface area contributed by atoms with Crippen molar-refractivity contribution in [2.24, 2.45) is 5.92 Å². The zero-order chi connectivity index (χ0) is 20.5. The van der Waals surface area contributed by atoms with Crippen LogP contribution in [0.4, 0.5) is 0 Å². The van der Waals surface area contributed by atoms with E-state index in [4.69, 9.17) is 9.47 Å². The summed E-state index contributed by atoms with van der Waals surface area (Å²) in [5.74, 6) is 1.19. The van der Waals surface area contributed by atoms with Gasteiger partial charge in [0.15, 0.2) is 0 Å². The molecule has 3 rings (SSSR count). The number of nitrogens with one attached hydrogen (secondary N) is 1. The van der Waals surface area contributed by atoms with Crippen molar-refractivity contribution in [3.63, 3.8) is 0 Å². The van der Waals surface area contributed by atoms with E-state index in [9.17, 15) is 9.59 Å². The number of carbonyl (C=O) groups is 2. The summed E-state index contributed by atoms with van der Waals surface area (Å²) in [7, 11) is 1.62. The third-order valence-electron chi connectivity index (χ3n) is 5.06. The predicted molar refractivity (Wildman–Crippen MR) is 111 cm³/mol. The van der Waals surface area contributed by atoms with E-state index in [1.807, 2.05) is 42.5 Å². The van der Waals surface area contributed by atoms with Gasteiger partial charge in [0, 0.05) is 19.5 Å². The topological polar surface area (TPSA) is 67.9 Å². The van der Waals surface area contributed by atoms with Crippen LogP contribution in [0.5, 0.6) is 11.5 Å². The van der Waals surface area contributed by atoms with Gasteiger partial charge < -0.3 is 19.7 Å². The van der Waals surface area contributed by atoms with Crippen molar-refractivity contribution >= 4 is 11.8 Å². The van der Waals surface area contributed by atoms with Gasteiger partial charge in [0.25, 0.3) is 0 Å². The minimum absolute atomic E-state index is 0.00719. The second-order valence-corrected chi connectivity index (χ2v) is 7.14. The van der Waals surface area contributed by atoms with Gasteiger partial charge in [0.1, 0.15) is 18.1 Å². The van der Waals surface area contributed by atoms with Crippen LogP contribution in [0.3, 0.4) is 0 Å². The first-order valence-corrected chi connectivity index (χ1v) is 10.0. The number of likely N-dealkylation sites (tertiary alicyclic amines) is 1.